The quantitative estimate of drug-likeness (QED) is 0.591. The molecule has 4 aromatic rings. The Labute approximate surface area is 155 Å². The zero-order valence-corrected chi connectivity index (χ0v) is 15.1. The molecule has 136 valence electrons. The molecule has 1 fully saturated rings. The highest BCUT2D eigenvalue weighted by Gasteiger charge is 2.35. The van der Waals surface area contributed by atoms with E-state index in [0.29, 0.717) is 23.1 Å². The van der Waals surface area contributed by atoms with Crippen molar-refractivity contribution in [1.82, 2.24) is 29.9 Å². The first kappa shape index (κ1) is 15.9. The topological polar surface area (TPSA) is 109 Å². The molecule has 0 spiro atoms. The summed E-state index contributed by atoms with van der Waals surface area (Å²) in [5.41, 5.74) is 10.0. The summed E-state index contributed by atoms with van der Waals surface area (Å²) in [6, 6.07) is 2.09. The molecule has 0 saturated heterocycles. The van der Waals surface area contributed by atoms with Crippen molar-refractivity contribution in [2.75, 3.05) is 5.73 Å². The first-order chi connectivity index (χ1) is 13.1. The summed E-state index contributed by atoms with van der Waals surface area (Å²) in [6.07, 6.45) is 8.93. The largest absolute Gasteiger partial charge is 0.383 e. The lowest BCUT2D eigenvalue weighted by Crippen LogP contribution is -2.02. The van der Waals surface area contributed by atoms with E-state index in [0.717, 1.165) is 40.8 Å². The van der Waals surface area contributed by atoms with Crippen molar-refractivity contribution >= 4 is 16.7 Å². The minimum absolute atomic E-state index is 0.165. The van der Waals surface area contributed by atoms with Gasteiger partial charge in [0.2, 0.25) is 0 Å². The zero-order chi connectivity index (χ0) is 18.5. The number of nitrogens with zero attached hydrogens (tertiary/aromatic N) is 6. The van der Waals surface area contributed by atoms with Crippen LogP contribution in [0.1, 0.15) is 44.4 Å². The van der Waals surface area contributed by atoms with Gasteiger partial charge in [-0.1, -0.05) is 5.16 Å². The first-order valence-electron chi connectivity index (χ1n) is 9.04. The predicted molar refractivity (Wildman–Crippen MR) is 101 cm³/mol. The number of rotatable bonds is 4. The third-order valence-electron chi connectivity index (χ3n) is 4.85. The monoisotopic (exact) mass is 361 g/mol. The molecule has 1 aliphatic carbocycles. The van der Waals surface area contributed by atoms with Gasteiger partial charge in [-0.2, -0.15) is 5.10 Å². The van der Waals surface area contributed by atoms with Crippen molar-refractivity contribution < 1.29 is 4.52 Å². The third-order valence-corrected chi connectivity index (χ3v) is 4.85. The number of hydrogen-bond donors (Lipinski definition) is 1. The number of anilines is 1. The molecule has 0 radical (unpaired) electrons. The van der Waals surface area contributed by atoms with Gasteiger partial charge in [-0.25, -0.2) is 4.98 Å². The fourth-order valence-corrected chi connectivity index (χ4v) is 3.44. The SMILES string of the molecule is CC(C)n1nc(-c2noc(C3CC3)c2-c2cnccn2)c2c(N)nccc21. The Bertz CT molecular complexity index is 1130. The molecule has 5 rings (SSSR count). The van der Waals surface area contributed by atoms with Crippen LogP contribution < -0.4 is 5.73 Å². The van der Waals surface area contributed by atoms with E-state index in [1.807, 2.05) is 10.7 Å². The Morgan fingerprint density at radius 3 is 2.70 bits per heavy atom. The Morgan fingerprint density at radius 2 is 2.00 bits per heavy atom. The molecule has 0 amide bonds. The minimum Gasteiger partial charge on any atom is -0.383 e. The van der Waals surface area contributed by atoms with Gasteiger partial charge in [-0.3, -0.25) is 14.6 Å². The Hall–Kier alpha value is -3.29. The molecule has 4 aromatic heterocycles. The van der Waals surface area contributed by atoms with Crippen molar-refractivity contribution in [3.05, 3.63) is 36.6 Å². The van der Waals surface area contributed by atoms with E-state index in [-0.39, 0.29) is 6.04 Å². The summed E-state index contributed by atoms with van der Waals surface area (Å²) in [6.45, 7) is 4.16. The van der Waals surface area contributed by atoms with Gasteiger partial charge in [0.15, 0.2) is 0 Å². The van der Waals surface area contributed by atoms with Gasteiger partial charge in [-0.05, 0) is 32.8 Å². The van der Waals surface area contributed by atoms with Crippen molar-refractivity contribution in [3.8, 4) is 22.6 Å². The molecule has 8 nitrogen and oxygen atoms in total. The molecular weight excluding hydrogens is 342 g/mol. The maximum atomic E-state index is 6.22. The van der Waals surface area contributed by atoms with Crippen LogP contribution in [-0.4, -0.2) is 29.9 Å². The Kier molecular flexibility index (Phi) is 3.46. The fourth-order valence-electron chi connectivity index (χ4n) is 3.44. The second kappa shape index (κ2) is 5.87. The van der Waals surface area contributed by atoms with E-state index in [9.17, 15) is 0 Å². The highest BCUT2D eigenvalue weighted by molar-refractivity contribution is 6.02. The number of pyridine rings is 1. The van der Waals surface area contributed by atoms with Crippen LogP contribution in [0.5, 0.6) is 0 Å². The van der Waals surface area contributed by atoms with Gasteiger partial charge in [0, 0.05) is 30.6 Å². The first-order valence-corrected chi connectivity index (χ1v) is 9.04. The molecular formula is C19H19N7O. The number of aromatic nitrogens is 6. The average molecular weight is 361 g/mol. The minimum atomic E-state index is 0.165. The zero-order valence-electron chi connectivity index (χ0n) is 15.1. The maximum absolute atomic E-state index is 6.22. The molecule has 2 N–H and O–H groups in total. The van der Waals surface area contributed by atoms with Crippen molar-refractivity contribution in [3.63, 3.8) is 0 Å². The maximum Gasteiger partial charge on any atom is 0.149 e. The summed E-state index contributed by atoms with van der Waals surface area (Å²) >= 11 is 0. The summed E-state index contributed by atoms with van der Waals surface area (Å²) in [5.74, 6) is 1.65. The van der Waals surface area contributed by atoms with Gasteiger partial charge in [-0.15, -0.1) is 0 Å². The van der Waals surface area contributed by atoms with Crippen LogP contribution >= 0.6 is 0 Å². The van der Waals surface area contributed by atoms with Crippen molar-refractivity contribution in [2.24, 2.45) is 0 Å². The number of fused-ring (bicyclic) bond motifs is 1. The lowest BCUT2D eigenvalue weighted by molar-refractivity contribution is 0.386. The molecule has 0 aliphatic heterocycles. The van der Waals surface area contributed by atoms with Crippen molar-refractivity contribution in [2.45, 2.75) is 38.6 Å². The molecule has 27 heavy (non-hydrogen) atoms. The van der Waals surface area contributed by atoms with Crippen LogP contribution in [0, 0.1) is 0 Å². The Balaban J connectivity index is 1.82. The van der Waals surface area contributed by atoms with Crippen molar-refractivity contribution in [1.29, 1.82) is 0 Å². The predicted octanol–water partition coefficient (Wildman–Crippen LogP) is 3.58. The molecule has 4 heterocycles. The molecule has 8 heteroatoms. The molecule has 0 unspecified atom stereocenters. The summed E-state index contributed by atoms with van der Waals surface area (Å²) in [4.78, 5) is 13.0. The summed E-state index contributed by atoms with van der Waals surface area (Å²) in [5, 5.41) is 10.00. The molecule has 0 atom stereocenters. The standard InChI is InChI=1S/C19H19N7O/c1-10(2)26-13-5-6-23-19(20)15(13)16(24-26)17-14(12-9-21-7-8-22-12)18(27-25-17)11-3-4-11/h5-11H,3-4H2,1-2H3,(H2,20,23). The Morgan fingerprint density at radius 1 is 1.15 bits per heavy atom. The molecule has 0 aromatic carbocycles. The van der Waals surface area contributed by atoms with E-state index < -0.39 is 0 Å². The normalized spacial score (nSPS) is 14.3. The van der Waals surface area contributed by atoms with Crippen LogP contribution in [0.2, 0.25) is 0 Å². The lowest BCUT2D eigenvalue weighted by Gasteiger charge is -2.06. The van der Waals surface area contributed by atoms with Gasteiger partial charge >= 0.3 is 0 Å². The summed E-state index contributed by atoms with van der Waals surface area (Å²) < 4.78 is 7.70. The molecule has 1 aliphatic rings. The van der Waals surface area contributed by atoms with Crippen LogP contribution in [-0.2, 0) is 0 Å². The van der Waals surface area contributed by atoms with Crippen LogP contribution in [0.3, 0.4) is 0 Å². The number of nitrogens with two attached hydrogens (primary N) is 1. The van der Waals surface area contributed by atoms with Gasteiger partial charge < -0.3 is 10.3 Å². The van der Waals surface area contributed by atoms with Crippen LogP contribution in [0.4, 0.5) is 5.82 Å². The fraction of sp³-hybridized carbons (Fsp3) is 0.316. The van der Waals surface area contributed by atoms with Gasteiger partial charge in [0.1, 0.15) is 23.0 Å². The summed E-state index contributed by atoms with van der Waals surface area (Å²) in [7, 11) is 0. The second-order valence-electron chi connectivity index (χ2n) is 7.11. The lowest BCUT2D eigenvalue weighted by atomic mass is 10.0. The number of nitrogen functional groups attached to an aromatic ring is 1. The smallest absolute Gasteiger partial charge is 0.149 e. The molecule has 0 bridgehead atoms. The third kappa shape index (κ3) is 2.48. The van der Waals surface area contributed by atoms with Crippen LogP contribution in [0.15, 0.2) is 35.4 Å². The van der Waals surface area contributed by atoms with Gasteiger partial charge in [0.05, 0.1) is 28.4 Å². The van der Waals surface area contributed by atoms with E-state index in [1.54, 1.807) is 24.8 Å². The van der Waals surface area contributed by atoms with E-state index in [1.165, 1.54) is 0 Å². The second-order valence-corrected chi connectivity index (χ2v) is 7.11. The highest BCUT2D eigenvalue weighted by atomic mass is 16.5. The average Bonchev–Trinajstić information content (AvgIpc) is 3.29. The van der Waals surface area contributed by atoms with E-state index in [4.69, 9.17) is 15.4 Å². The van der Waals surface area contributed by atoms with Gasteiger partial charge in [0.25, 0.3) is 0 Å². The molecule has 1 saturated carbocycles. The van der Waals surface area contributed by atoms with E-state index >= 15 is 0 Å². The highest BCUT2D eigenvalue weighted by Crippen LogP contribution is 2.48. The van der Waals surface area contributed by atoms with E-state index in [2.05, 4.69) is 34.0 Å². The van der Waals surface area contributed by atoms with Crippen LogP contribution in [0.25, 0.3) is 33.5 Å². The number of hydrogen-bond acceptors (Lipinski definition) is 7.